The van der Waals surface area contributed by atoms with Crippen molar-refractivity contribution in [2.45, 2.75) is 25.8 Å². The topological polar surface area (TPSA) is 80.0 Å². The Morgan fingerprint density at radius 2 is 1.96 bits per heavy atom. The van der Waals surface area contributed by atoms with E-state index in [9.17, 15) is 14.7 Å². The molecule has 142 valence electrons. The van der Waals surface area contributed by atoms with Crippen LogP contribution in [-0.2, 0) is 9.53 Å². The Labute approximate surface area is 158 Å². The van der Waals surface area contributed by atoms with E-state index in [2.05, 4.69) is 13.8 Å². The fourth-order valence-corrected chi connectivity index (χ4v) is 3.26. The summed E-state index contributed by atoms with van der Waals surface area (Å²) in [4.78, 5) is 27.0. The molecule has 0 spiro atoms. The molecule has 6 nitrogen and oxygen atoms in total. The Morgan fingerprint density at radius 3 is 2.52 bits per heavy atom. The summed E-state index contributed by atoms with van der Waals surface area (Å²) in [5, 5.41) is 10.5. The number of nitrogens with zero attached hydrogens (tertiary/aromatic N) is 1. The lowest BCUT2D eigenvalue weighted by Gasteiger charge is -2.26. The van der Waals surface area contributed by atoms with Gasteiger partial charge < -0.3 is 19.2 Å². The van der Waals surface area contributed by atoms with Gasteiger partial charge in [0.05, 0.1) is 24.5 Å². The van der Waals surface area contributed by atoms with Gasteiger partial charge in [-0.15, -0.1) is 0 Å². The fourth-order valence-electron chi connectivity index (χ4n) is 3.26. The lowest BCUT2D eigenvalue weighted by molar-refractivity contribution is -0.130. The van der Waals surface area contributed by atoms with Crippen LogP contribution in [0, 0.1) is 0 Å². The lowest BCUT2D eigenvalue weighted by Crippen LogP contribution is -2.34. The number of rotatable bonds is 7. The summed E-state index contributed by atoms with van der Waals surface area (Å²) < 4.78 is 10.3. The van der Waals surface area contributed by atoms with Gasteiger partial charge in [0.15, 0.2) is 11.5 Å². The molecular weight excluding hydrogens is 346 g/mol. The zero-order chi connectivity index (χ0) is 19.6. The van der Waals surface area contributed by atoms with Crippen LogP contribution in [0.4, 0.5) is 0 Å². The van der Waals surface area contributed by atoms with E-state index in [0.29, 0.717) is 12.5 Å². The molecule has 0 saturated heterocycles. The van der Waals surface area contributed by atoms with E-state index in [4.69, 9.17) is 9.15 Å². The molecule has 1 atom stereocenters. The maximum absolute atomic E-state index is 12.9. The summed E-state index contributed by atoms with van der Waals surface area (Å²) in [6.45, 7) is 4.74. The second kappa shape index (κ2) is 7.80. The van der Waals surface area contributed by atoms with Gasteiger partial charge in [0, 0.05) is 13.7 Å². The normalized spacial score (nSPS) is 17.3. The highest BCUT2D eigenvalue weighted by molar-refractivity contribution is 6.15. The molecule has 2 heterocycles. The average molecular weight is 369 g/mol. The van der Waals surface area contributed by atoms with Gasteiger partial charge in [-0.1, -0.05) is 38.1 Å². The number of methoxy groups -OCH3 is 1. The number of carbonyl (C=O) groups is 2. The Bertz CT molecular complexity index is 849. The maximum Gasteiger partial charge on any atom is 0.290 e. The van der Waals surface area contributed by atoms with Crippen LogP contribution in [0.15, 0.2) is 58.4 Å². The summed E-state index contributed by atoms with van der Waals surface area (Å²) in [6, 6.07) is 10.2. The number of aliphatic hydroxyl groups excluding tert-OH is 1. The second-order valence-electron chi connectivity index (χ2n) is 6.78. The van der Waals surface area contributed by atoms with Crippen molar-refractivity contribution in [3.8, 4) is 0 Å². The minimum absolute atomic E-state index is 0.0309. The third-order valence-corrected chi connectivity index (χ3v) is 4.75. The Balaban J connectivity index is 2.05. The molecule has 1 aromatic heterocycles. The van der Waals surface area contributed by atoms with Gasteiger partial charge in [-0.2, -0.15) is 0 Å². The van der Waals surface area contributed by atoms with E-state index in [-0.39, 0.29) is 17.9 Å². The molecular formula is C21H23NO5. The van der Waals surface area contributed by atoms with Gasteiger partial charge in [0.25, 0.3) is 5.91 Å². The van der Waals surface area contributed by atoms with Crippen molar-refractivity contribution in [2.24, 2.45) is 0 Å². The van der Waals surface area contributed by atoms with E-state index < -0.39 is 23.5 Å². The molecule has 0 saturated carbocycles. The quantitative estimate of drug-likeness (QED) is 0.754. The van der Waals surface area contributed by atoms with Crippen LogP contribution in [0.2, 0.25) is 0 Å². The van der Waals surface area contributed by atoms with Gasteiger partial charge in [-0.05, 0) is 29.2 Å². The van der Waals surface area contributed by atoms with Crippen LogP contribution in [0.1, 0.15) is 47.5 Å². The molecule has 0 radical (unpaired) electrons. The summed E-state index contributed by atoms with van der Waals surface area (Å²) in [5.41, 5.74) is 1.93. The zero-order valence-electron chi connectivity index (χ0n) is 15.6. The SMILES string of the molecule is COCCN1C(=O)C(O)=C(C(=O)c2ccco2)[C@H]1c1ccc(C(C)C)cc1. The molecule has 0 unspecified atom stereocenters. The Kier molecular flexibility index (Phi) is 5.46. The molecule has 1 N–H and O–H groups in total. The third kappa shape index (κ3) is 3.53. The van der Waals surface area contributed by atoms with Crippen LogP contribution in [0.3, 0.4) is 0 Å². The summed E-state index contributed by atoms with van der Waals surface area (Å²) in [5.74, 6) is -1.17. The second-order valence-corrected chi connectivity index (χ2v) is 6.78. The van der Waals surface area contributed by atoms with Crippen molar-refractivity contribution in [3.63, 3.8) is 0 Å². The van der Waals surface area contributed by atoms with Crippen LogP contribution in [0.5, 0.6) is 0 Å². The largest absolute Gasteiger partial charge is 0.503 e. The van der Waals surface area contributed by atoms with E-state index in [1.165, 1.54) is 24.3 Å². The van der Waals surface area contributed by atoms with Crippen molar-refractivity contribution in [3.05, 3.63) is 70.9 Å². The van der Waals surface area contributed by atoms with Crippen LogP contribution >= 0.6 is 0 Å². The highest BCUT2D eigenvalue weighted by Gasteiger charge is 2.44. The highest BCUT2D eigenvalue weighted by atomic mass is 16.5. The lowest BCUT2D eigenvalue weighted by atomic mass is 9.93. The van der Waals surface area contributed by atoms with E-state index in [0.717, 1.165) is 11.1 Å². The number of ether oxygens (including phenoxy) is 1. The number of aliphatic hydroxyl groups is 1. The van der Waals surface area contributed by atoms with Crippen LogP contribution < -0.4 is 0 Å². The standard InChI is InChI=1S/C21H23NO5/c1-13(2)14-6-8-15(9-7-14)18-17(19(23)16-5-4-11-27-16)20(24)21(25)22(18)10-12-26-3/h4-9,11,13,18,24H,10,12H2,1-3H3/t18-/m1/s1. The van der Waals surface area contributed by atoms with Crippen LogP contribution in [-0.4, -0.2) is 42.0 Å². The smallest absolute Gasteiger partial charge is 0.290 e. The molecule has 1 aliphatic heterocycles. The van der Waals surface area contributed by atoms with E-state index in [1.807, 2.05) is 24.3 Å². The van der Waals surface area contributed by atoms with Gasteiger partial charge in [-0.3, -0.25) is 9.59 Å². The van der Waals surface area contributed by atoms with Gasteiger partial charge in [0.2, 0.25) is 5.78 Å². The zero-order valence-corrected chi connectivity index (χ0v) is 15.6. The van der Waals surface area contributed by atoms with E-state index in [1.54, 1.807) is 6.07 Å². The first-order valence-electron chi connectivity index (χ1n) is 8.86. The maximum atomic E-state index is 12.9. The first-order chi connectivity index (χ1) is 13.0. The number of ketones is 1. The highest BCUT2D eigenvalue weighted by Crippen LogP contribution is 2.39. The predicted molar refractivity (Wildman–Crippen MR) is 99.6 cm³/mol. The number of hydrogen-bond acceptors (Lipinski definition) is 5. The predicted octanol–water partition coefficient (Wildman–Crippen LogP) is 3.63. The third-order valence-electron chi connectivity index (χ3n) is 4.75. The molecule has 0 fully saturated rings. The molecule has 27 heavy (non-hydrogen) atoms. The summed E-state index contributed by atoms with van der Waals surface area (Å²) in [6.07, 6.45) is 1.39. The van der Waals surface area contributed by atoms with Crippen molar-refractivity contribution in [1.29, 1.82) is 0 Å². The summed E-state index contributed by atoms with van der Waals surface area (Å²) in [7, 11) is 1.54. The van der Waals surface area contributed by atoms with E-state index >= 15 is 0 Å². The molecule has 1 amide bonds. The molecule has 3 rings (SSSR count). The molecule has 0 aliphatic carbocycles. The van der Waals surface area contributed by atoms with Crippen LogP contribution in [0.25, 0.3) is 0 Å². The molecule has 1 aromatic carbocycles. The Hall–Kier alpha value is -2.86. The number of hydrogen-bond donors (Lipinski definition) is 1. The molecule has 0 bridgehead atoms. The number of benzene rings is 1. The minimum atomic E-state index is -0.688. The average Bonchev–Trinajstić information content (AvgIpc) is 3.28. The number of Topliss-reactive ketones (excluding diaryl/α,β-unsaturated/α-hetero) is 1. The minimum Gasteiger partial charge on any atom is -0.503 e. The Morgan fingerprint density at radius 1 is 1.26 bits per heavy atom. The van der Waals surface area contributed by atoms with Crippen molar-refractivity contribution in [1.82, 2.24) is 4.90 Å². The van der Waals surface area contributed by atoms with Crippen molar-refractivity contribution >= 4 is 11.7 Å². The number of furan rings is 1. The first-order valence-corrected chi connectivity index (χ1v) is 8.86. The van der Waals surface area contributed by atoms with Crippen molar-refractivity contribution in [2.75, 3.05) is 20.3 Å². The monoisotopic (exact) mass is 369 g/mol. The molecule has 2 aromatic rings. The molecule has 1 aliphatic rings. The van der Waals surface area contributed by atoms with Gasteiger partial charge in [-0.25, -0.2) is 0 Å². The number of amides is 1. The summed E-state index contributed by atoms with van der Waals surface area (Å²) >= 11 is 0. The number of carbonyl (C=O) groups excluding carboxylic acids is 2. The fraction of sp³-hybridized carbons (Fsp3) is 0.333. The first kappa shape index (κ1) is 18.9. The van der Waals surface area contributed by atoms with Gasteiger partial charge in [0.1, 0.15) is 0 Å². The molecule has 6 heteroatoms. The van der Waals surface area contributed by atoms with Crippen molar-refractivity contribution < 1.29 is 23.8 Å². The van der Waals surface area contributed by atoms with Gasteiger partial charge >= 0.3 is 0 Å².